The Kier molecular flexibility index (Phi) is 8.25. The first-order valence-corrected chi connectivity index (χ1v) is 11.0. The van der Waals surface area contributed by atoms with Gasteiger partial charge in [0.2, 0.25) is 0 Å². The van der Waals surface area contributed by atoms with Crippen LogP contribution in [0.3, 0.4) is 0 Å². The molecule has 170 valence electrons. The summed E-state index contributed by atoms with van der Waals surface area (Å²) in [7, 11) is 1.90. The van der Waals surface area contributed by atoms with E-state index in [1.54, 1.807) is 24.7 Å². The van der Waals surface area contributed by atoms with E-state index in [1.165, 1.54) is 0 Å². The lowest BCUT2D eigenvalue weighted by atomic mass is 9.94. The van der Waals surface area contributed by atoms with E-state index in [2.05, 4.69) is 21.9 Å². The molecule has 32 heavy (non-hydrogen) atoms. The van der Waals surface area contributed by atoms with Gasteiger partial charge in [-0.15, -0.1) is 0 Å². The molecule has 0 spiro atoms. The van der Waals surface area contributed by atoms with Crippen molar-refractivity contribution in [3.8, 4) is 0 Å². The van der Waals surface area contributed by atoms with Gasteiger partial charge in [-0.1, -0.05) is 25.1 Å². The molecule has 0 aliphatic heterocycles. The Labute approximate surface area is 193 Å². The van der Waals surface area contributed by atoms with Crippen LogP contribution in [0.25, 0.3) is 11.0 Å². The molecule has 2 N–H and O–H groups in total. The highest BCUT2D eigenvalue weighted by Gasteiger charge is 2.23. The number of nitrogens with zero attached hydrogens (tertiary/aromatic N) is 3. The number of carbonyl (C=O) groups excluding carboxylic acids is 1. The highest BCUT2D eigenvalue weighted by molar-refractivity contribution is 6.31. The van der Waals surface area contributed by atoms with Crippen LogP contribution in [0.2, 0.25) is 5.02 Å². The Hall–Kier alpha value is -2.90. The van der Waals surface area contributed by atoms with Gasteiger partial charge in [-0.25, -0.2) is 4.98 Å². The monoisotopic (exact) mass is 456 g/mol. The molecule has 0 aromatic carbocycles. The molecule has 0 bridgehead atoms. The molecule has 0 saturated heterocycles. The maximum atomic E-state index is 13.2. The number of aliphatic hydroxyl groups excluding tert-OH is 1. The summed E-state index contributed by atoms with van der Waals surface area (Å²) in [6.07, 6.45) is 6.33. The third-order valence-corrected chi connectivity index (χ3v) is 5.44. The minimum Gasteiger partial charge on any atom is -0.513 e. The van der Waals surface area contributed by atoms with Crippen LogP contribution in [-0.4, -0.2) is 45.2 Å². The minimum absolute atomic E-state index is 0.00154. The van der Waals surface area contributed by atoms with Crippen molar-refractivity contribution in [2.24, 2.45) is 13.0 Å². The lowest BCUT2D eigenvalue weighted by Crippen LogP contribution is -2.14. The molecule has 0 radical (unpaired) electrons. The highest BCUT2D eigenvalue weighted by atomic mass is 35.5. The number of ether oxygens (including phenoxy) is 1. The van der Waals surface area contributed by atoms with Crippen molar-refractivity contribution in [3.05, 3.63) is 65.4 Å². The molecule has 0 amide bonds. The third-order valence-electron chi connectivity index (χ3n) is 5.23. The van der Waals surface area contributed by atoms with Gasteiger partial charge in [0.05, 0.1) is 29.7 Å². The molecule has 3 aromatic rings. The smallest absolute Gasteiger partial charge is 0.165 e. The van der Waals surface area contributed by atoms with E-state index >= 15 is 0 Å². The van der Waals surface area contributed by atoms with Crippen LogP contribution in [0.4, 0.5) is 5.69 Å². The van der Waals surface area contributed by atoms with Gasteiger partial charge in [-0.3, -0.25) is 9.78 Å². The van der Waals surface area contributed by atoms with Crippen molar-refractivity contribution < 1.29 is 14.6 Å². The van der Waals surface area contributed by atoms with Crippen molar-refractivity contribution in [1.82, 2.24) is 14.5 Å². The van der Waals surface area contributed by atoms with Gasteiger partial charge >= 0.3 is 0 Å². The molecule has 3 aromatic heterocycles. The van der Waals surface area contributed by atoms with Crippen molar-refractivity contribution in [3.63, 3.8) is 0 Å². The Bertz CT molecular complexity index is 1080. The molecule has 1 atom stereocenters. The molecule has 3 rings (SSSR count). The SMILES string of the molecule is C=C(O)CC(C)CC(=O)c1c(CCOCCNc2cccnc2)n(C)c2ncc(Cl)cc12. The number of carbonyl (C=O) groups is 1. The first kappa shape index (κ1) is 23.8. The number of nitrogens with one attached hydrogen (secondary N) is 1. The second-order valence-corrected chi connectivity index (χ2v) is 8.38. The number of hydrogen-bond donors (Lipinski definition) is 2. The maximum absolute atomic E-state index is 13.2. The number of aryl methyl sites for hydroxylation is 1. The molecule has 1 unspecified atom stereocenters. The summed E-state index contributed by atoms with van der Waals surface area (Å²) < 4.78 is 7.74. The standard InChI is InChI=1S/C24H29ClN4O3/c1-16(11-17(2)30)12-22(31)23-20-13-18(25)14-28-24(20)29(3)21(23)6-9-32-10-8-27-19-5-4-7-26-15-19/h4-5,7,13-16,27,30H,2,6,8-12H2,1,3H3. The fraction of sp³-hybridized carbons (Fsp3) is 0.375. The molecule has 3 heterocycles. The van der Waals surface area contributed by atoms with E-state index in [-0.39, 0.29) is 17.5 Å². The van der Waals surface area contributed by atoms with E-state index in [1.807, 2.05) is 30.7 Å². The topological polar surface area (TPSA) is 89.3 Å². The second kappa shape index (κ2) is 11.1. The van der Waals surface area contributed by atoms with Gasteiger partial charge in [0.15, 0.2) is 5.78 Å². The number of hydrogen-bond acceptors (Lipinski definition) is 6. The minimum atomic E-state index is -0.0231. The zero-order valence-electron chi connectivity index (χ0n) is 18.5. The third kappa shape index (κ3) is 6.08. The summed E-state index contributed by atoms with van der Waals surface area (Å²) in [5.41, 5.74) is 3.16. The van der Waals surface area contributed by atoms with Crippen LogP contribution in [0.1, 0.15) is 35.8 Å². The van der Waals surface area contributed by atoms with Crippen LogP contribution < -0.4 is 5.32 Å². The number of fused-ring (bicyclic) bond motifs is 1. The Morgan fingerprint density at radius 1 is 1.34 bits per heavy atom. The largest absolute Gasteiger partial charge is 0.513 e. The van der Waals surface area contributed by atoms with Crippen molar-refractivity contribution in [2.75, 3.05) is 25.1 Å². The molecule has 0 aliphatic rings. The van der Waals surface area contributed by atoms with Crippen molar-refractivity contribution in [1.29, 1.82) is 0 Å². The summed E-state index contributed by atoms with van der Waals surface area (Å²) in [6.45, 7) is 7.11. The quantitative estimate of drug-likeness (QED) is 0.227. The molecule has 8 heteroatoms. The van der Waals surface area contributed by atoms with Crippen LogP contribution in [-0.2, 0) is 18.2 Å². The van der Waals surface area contributed by atoms with Gasteiger partial charge in [0, 0.05) is 68.1 Å². The average Bonchev–Trinajstić information content (AvgIpc) is 3.01. The number of aliphatic hydroxyl groups is 1. The number of Topliss-reactive ketones (excluding diaryl/α,β-unsaturated/α-hetero) is 1. The van der Waals surface area contributed by atoms with Gasteiger partial charge in [0.1, 0.15) is 5.65 Å². The Balaban J connectivity index is 1.69. The normalized spacial score (nSPS) is 12.1. The lowest BCUT2D eigenvalue weighted by molar-refractivity contribution is 0.0962. The summed E-state index contributed by atoms with van der Waals surface area (Å²) in [5.74, 6) is 0.0631. The number of halogens is 1. The maximum Gasteiger partial charge on any atom is 0.165 e. The number of anilines is 1. The summed E-state index contributed by atoms with van der Waals surface area (Å²) in [5, 5.41) is 13.9. The van der Waals surface area contributed by atoms with Crippen molar-refractivity contribution >= 4 is 34.1 Å². The van der Waals surface area contributed by atoms with Crippen LogP contribution in [0.5, 0.6) is 0 Å². The van der Waals surface area contributed by atoms with E-state index < -0.39 is 0 Å². The second-order valence-electron chi connectivity index (χ2n) is 7.94. The number of ketones is 1. The molecule has 0 saturated carbocycles. The fourth-order valence-corrected chi connectivity index (χ4v) is 3.99. The van der Waals surface area contributed by atoms with Gasteiger partial charge in [-0.2, -0.15) is 0 Å². The highest BCUT2D eigenvalue weighted by Crippen LogP contribution is 2.29. The zero-order chi connectivity index (χ0) is 23.1. The molecule has 0 fully saturated rings. The van der Waals surface area contributed by atoms with E-state index in [0.29, 0.717) is 55.3 Å². The van der Waals surface area contributed by atoms with Crippen LogP contribution >= 0.6 is 11.6 Å². The number of allylic oxidation sites excluding steroid dienone is 1. The number of aromatic nitrogens is 3. The summed E-state index contributed by atoms with van der Waals surface area (Å²) >= 11 is 6.18. The van der Waals surface area contributed by atoms with Gasteiger partial charge in [0.25, 0.3) is 0 Å². The lowest BCUT2D eigenvalue weighted by Gasteiger charge is -2.12. The fourth-order valence-electron chi connectivity index (χ4n) is 3.84. The predicted octanol–water partition coefficient (Wildman–Crippen LogP) is 4.96. The summed E-state index contributed by atoms with van der Waals surface area (Å²) in [4.78, 5) is 21.7. The van der Waals surface area contributed by atoms with E-state index in [4.69, 9.17) is 16.3 Å². The number of rotatable bonds is 12. The molecular weight excluding hydrogens is 428 g/mol. The molecular formula is C24H29ClN4O3. The molecule has 7 nitrogen and oxygen atoms in total. The first-order chi connectivity index (χ1) is 15.4. The Morgan fingerprint density at radius 3 is 2.88 bits per heavy atom. The first-order valence-electron chi connectivity index (χ1n) is 10.6. The van der Waals surface area contributed by atoms with Crippen molar-refractivity contribution in [2.45, 2.75) is 26.2 Å². The van der Waals surface area contributed by atoms with Gasteiger partial charge in [-0.05, 0) is 24.1 Å². The zero-order valence-corrected chi connectivity index (χ0v) is 19.2. The average molecular weight is 457 g/mol. The Morgan fingerprint density at radius 2 is 2.16 bits per heavy atom. The van der Waals surface area contributed by atoms with Crippen LogP contribution in [0.15, 0.2) is 49.1 Å². The number of pyridine rings is 2. The predicted molar refractivity (Wildman–Crippen MR) is 127 cm³/mol. The summed E-state index contributed by atoms with van der Waals surface area (Å²) in [6, 6.07) is 5.61. The molecule has 0 aliphatic carbocycles. The van der Waals surface area contributed by atoms with E-state index in [0.717, 1.165) is 16.8 Å². The van der Waals surface area contributed by atoms with Crippen LogP contribution in [0, 0.1) is 5.92 Å². The van der Waals surface area contributed by atoms with E-state index in [9.17, 15) is 9.90 Å². The van der Waals surface area contributed by atoms with Gasteiger partial charge < -0.3 is 19.7 Å².